The molecule has 0 amide bonds. The number of ketones is 1. The molecule has 8 heavy (non-hydrogen) atoms. The molecule has 1 aliphatic heterocycles. The van der Waals surface area contributed by atoms with Crippen LogP contribution in [-0.2, 0) is 4.79 Å². The summed E-state index contributed by atoms with van der Waals surface area (Å²) in [6.07, 6.45) is 3.26. The maximum Gasteiger partial charge on any atom is 0.155 e. The highest BCUT2D eigenvalue weighted by Gasteiger charge is 2.07. The predicted octanol–water partition coefficient (Wildman–Crippen LogP) is 0.996. The Morgan fingerprint density at radius 2 is 2.62 bits per heavy atom. The average molecular weight is 130 g/mol. The van der Waals surface area contributed by atoms with E-state index in [0.717, 1.165) is 6.42 Å². The summed E-state index contributed by atoms with van der Waals surface area (Å²) in [5.74, 6) is 2.35. The molecule has 0 bridgehead atoms. The monoisotopic (exact) mass is 130 g/mol. The van der Waals surface area contributed by atoms with E-state index in [1.165, 1.54) is 12.3 Å². The summed E-state index contributed by atoms with van der Waals surface area (Å²) in [5.41, 5.74) is 0. The molecule has 2 heteroatoms. The maximum absolute atomic E-state index is 10.6. The van der Waals surface area contributed by atoms with Crippen LogP contribution in [0.4, 0.5) is 0 Å². The van der Waals surface area contributed by atoms with Crippen LogP contribution >= 0.6 is 7.55 Å². The molecule has 0 aromatic carbocycles. The first-order chi connectivity index (χ1) is 3.83. The minimum atomic E-state index is -0.275. The summed E-state index contributed by atoms with van der Waals surface area (Å²) in [6, 6.07) is 0. The van der Waals surface area contributed by atoms with Gasteiger partial charge in [0.2, 0.25) is 0 Å². The lowest BCUT2D eigenvalue weighted by Gasteiger charge is -1.89. The third-order valence-corrected chi connectivity index (χ3v) is 4.04. The molecule has 0 radical (unpaired) electrons. The van der Waals surface area contributed by atoms with Gasteiger partial charge in [0.15, 0.2) is 5.78 Å². The quantitative estimate of drug-likeness (QED) is 0.484. The van der Waals surface area contributed by atoms with Crippen molar-refractivity contribution in [3.8, 4) is 0 Å². The van der Waals surface area contributed by atoms with Gasteiger partial charge >= 0.3 is 0 Å². The zero-order valence-electron chi connectivity index (χ0n) is 5.11. The van der Waals surface area contributed by atoms with Crippen molar-refractivity contribution in [3.05, 3.63) is 0 Å². The standard InChI is InChI=1S/C6H11OP/c1-2-8-4-3-6(7)5-8/h5,8H,2-4H2,1H3. The molecule has 0 spiro atoms. The fourth-order valence-electron chi connectivity index (χ4n) is 0.935. The van der Waals surface area contributed by atoms with Gasteiger partial charge < -0.3 is 0 Å². The molecule has 0 saturated heterocycles. The van der Waals surface area contributed by atoms with E-state index in [1.54, 1.807) is 0 Å². The van der Waals surface area contributed by atoms with Crippen LogP contribution in [0, 0.1) is 0 Å². The highest BCUT2D eigenvalue weighted by Crippen LogP contribution is 2.26. The number of carbonyl (C=O) groups is 1. The van der Waals surface area contributed by atoms with Crippen molar-refractivity contribution in [2.24, 2.45) is 0 Å². The van der Waals surface area contributed by atoms with Gasteiger partial charge in [0.25, 0.3) is 0 Å². The number of rotatable bonds is 1. The first-order valence-corrected chi connectivity index (χ1v) is 5.04. The Hall–Kier alpha value is -0.0300. The summed E-state index contributed by atoms with van der Waals surface area (Å²) in [5, 5.41) is 0. The van der Waals surface area contributed by atoms with E-state index in [2.05, 4.69) is 6.92 Å². The lowest BCUT2D eigenvalue weighted by atomic mass is 10.4. The van der Waals surface area contributed by atoms with Crippen molar-refractivity contribution in [2.45, 2.75) is 13.3 Å². The van der Waals surface area contributed by atoms with Crippen LogP contribution in [0.3, 0.4) is 0 Å². The Balaban J connectivity index is 2.57. The fraction of sp³-hybridized carbons (Fsp3) is 0.667. The van der Waals surface area contributed by atoms with Crippen molar-refractivity contribution in [2.75, 3.05) is 12.3 Å². The summed E-state index contributed by atoms with van der Waals surface area (Å²) in [7, 11) is -0.275. The van der Waals surface area contributed by atoms with Gasteiger partial charge in [0.05, 0.1) is 0 Å². The van der Waals surface area contributed by atoms with Crippen molar-refractivity contribution in [3.63, 3.8) is 0 Å². The molecule has 1 atom stereocenters. The second-order valence-electron chi connectivity index (χ2n) is 2.12. The van der Waals surface area contributed by atoms with Crippen molar-refractivity contribution >= 4 is 19.1 Å². The van der Waals surface area contributed by atoms with Crippen LogP contribution in [0.2, 0.25) is 0 Å². The molecule has 0 N–H and O–H groups in total. The Labute approximate surface area is 50.5 Å². The predicted molar refractivity (Wildman–Crippen MR) is 39.4 cm³/mol. The van der Waals surface area contributed by atoms with E-state index in [9.17, 15) is 4.79 Å². The molecular formula is C6H11OP. The Bertz CT molecular complexity index is 137. The second-order valence-corrected chi connectivity index (χ2v) is 4.93. The Morgan fingerprint density at radius 1 is 1.88 bits per heavy atom. The maximum atomic E-state index is 10.6. The van der Waals surface area contributed by atoms with E-state index < -0.39 is 0 Å². The molecule has 1 nitrogen and oxygen atoms in total. The normalized spacial score (nSPS) is 28.1. The lowest BCUT2D eigenvalue weighted by Crippen LogP contribution is -1.89. The summed E-state index contributed by atoms with van der Waals surface area (Å²) < 4.78 is 0. The van der Waals surface area contributed by atoms with Crippen LogP contribution in [0.15, 0.2) is 0 Å². The van der Waals surface area contributed by atoms with Crippen LogP contribution in [0.25, 0.3) is 0 Å². The summed E-state index contributed by atoms with van der Waals surface area (Å²) >= 11 is 0. The van der Waals surface area contributed by atoms with Crippen LogP contribution in [0.5, 0.6) is 0 Å². The molecule has 0 fully saturated rings. The van der Waals surface area contributed by atoms with Gasteiger partial charge in [-0.05, 0) is 18.1 Å². The third kappa shape index (κ3) is 1.23. The van der Waals surface area contributed by atoms with E-state index in [1.807, 2.05) is 5.80 Å². The molecule has 1 heterocycles. The van der Waals surface area contributed by atoms with Crippen molar-refractivity contribution < 1.29 is 4.79 Å². The highest BCUT2D eigenvalue weighted by molar-refractivity contribution is 7.60. The smallest absolute Gasteiger partial charge is 0.155 e. The van der Waals surface area contributed by atoms with Crippen LogP contribution in [0.1, 0.15) is 13.3 Å². The summed E-state index contributed by atoms with van der Waals surface area (Å²) in [6.45, 7) is 2.17. The van der Waals surface area contributed by atoms with E-state index >= 15 is 0 Å². The molecule has 1 unspecified atom stereocenters. The Kier molecular flexibility index (Phi) is 1.90. The van der Waals surface area contributed by atoms with Gasteiger partial charge in [0, 0.05) is 6.42 Å². The van der Waals surface area contributed by atoms with Gasteiger partial charge in [-0.3, -0.25) is 4.79 Å². The van der Waals surface area contributed by atoms with Gasteiger partial charge in [-0.1, -0.05) is 6.92 Å². The topological polar surface area (TPSA) is 17.1 Å². The van der Waals surface area contributed by atoms with Crippen molar-refractivity contribution in [1.82, 2.24) is 0 Å². The number of hydrogen-bond donors (Lipinski definition) is 0. The first-order valence-electron chi connectivity index (χ1n) is 3.05. The molecular weight excluding hydrogens is 119 g/mol. The number of hydrogen-bond acceptors (Lipinski definition) is 1. The molecule has 0 aromatic rings. The van der Waals surface area contributed by atoms with E-state index in [4.69, 9.17) is 0 Å². The molecule has 46 valence electrons. The number of carbonyl (C=O) groups excluding carboxylic acids is 1. The Morgan fingerprint density at radius 3 is 2.88 bits per heavy atom. The largest absolute Gasteiger partial charge is 0.295 e. The third-order valence-electron chi connectivity index (χ3n) is 1.51. The molecule has 0 aliphatic carbocycles. The zero-order valence-corrected chi connectivity index (χ0v) is 6.11. The van der Waals surface area contributed by atoms with Crippen LogP contribution < -0.4 is 0 Å². The number of Topliss-reactive ketones (excluding diaryl/α,β-unsaturated/α-hetero) is 1. The molecule has 0 aromatic heterocycles. The molecule has 0 saturated carbocycles. The SMILES string of the molecule is CC[PH]1=CC(=O)CC1. The van der Waals surface area contributed by atoms with Gasteiger partial charge in [-0.25, -0.2) is 0 Å². The first kappa shape index (κ1) is 6.10. The van der Waals surface area contributed by atoms with Crippen LogP contribution in [-0.4, -0.2) is 23.9 Å². The molecule has 1 rings (SSSR count). The minimum absolute atomic E-state index is 0.275. The average Bonchev–Trinajstić information content (AvgIpc) is 2.14. The molecule has 1 aliphatic rings. The lowest BCUT2D eigenvalue weighted by molar-refractivity contribution is -0.111. The van der Waals surface area contributed by atoms with Crippen molar-refractivity contribution in [1.29, 1.82) is 0 Å². The highest BCUT2D eigenvalue weighted by atomic mass is 31.1. The summed E-state index contributed by atoms with van der Waals surface area (Å²) in [4.78, 5) is 10.6. The zero-order chi connectivity index (χ0) is 5.98. The van der Waals surface area contributed by atoms with Gasteiger partial charge in [-0.15, -0.1) is 7.55 Å². The van der Waals surface area contributed by atoms with Gasteiger partial charge in [-0.2, -0.15) is 0 Å². The van der Waals surface area contributed by atoms with E-state index in [0.29, 0.717) is 5.78 Å². The van der Waals surface area contributed by atoms with Gasteiger partial charge in [0.1, 0.15) is 0 Å². The van der Waals surface area contributed by atoms with E-state index in [-0.39, 0.29) is 7.55 Å². The fourth-order valence-corrected chi connectivity index (χ4v) is 2.80. The second kappa shape index (κ2) is 2.50. The minimum Gasteiger partial charge on any atom is -0.295 e.